The maximum atomic E-state index is 3.90. The third-order valence-electron chi connectivity index (χ3n) is 2.35. The first-order valence-electron chi connectivity index (χ1n) is 5.15. The second-order valence-corrected chi connectivity index (χ2v) is 4.96. The molecule has 1 aromatic rings. The van der Waals surface area contributed by atoms with Crippen molar-refractivity contribution in [1.29, 1.82) is 0 Å². The number of aryl methyl sites for hydroxylation is 2. The van der Waals surface area contributed by atoms with Crippen LogP contribution in [0, 0.1) is 13.8 Å². The van der Waals surface area contributed by atoms with Crippen molar-refractivity contribution in [3.05, 3.63) is 39.9 Å². The SMILES string of the molecule is C=C(C)CCNc1c(C)cc(Br)cc1C. The highest BCUT2D eigenvalue weighted by Crippen LogP contribution is 2.25. The van der Waals surface area contributed by atoms with Gasteiger partial charge in [-0.25, -0.2) is 0 Å². The van der Waals surface area contributed by atoms with Gasteiger partial charge in [0.2, 0.25) is 0 Å². The number of anilines is 1. The van der Waals surface area contributed by atoms with Gasteiger partial charge in [0.15, 0.2) is 0 Å². The van der Waals surface area contributed by atoms with E-state index in [0.717, 1.165) is 17.4 Å². The molecule has 0 saturated heterocycles. The highest BCUT2D eigenvalue weighted by molar-refractivity contribution is 9.10. The number of hydrogen-bond donors (Lipinski definition) is 1. The van der Waals surface area contributed by atoms with Crippen molar-refractivity contribution in [1.82, 2.24) is 0 Å². The van der Waals surface area contributed by atoms with E-state index in [9.17, 15) is 0 Å². The Morgan fingerprint density at radius 2 is 1.87 bits per heavy atom. The average Bonchev–Trinajstić information content (AvgIpc) is 2.08. The molecule has 1 aromatic carbocycles. The summed E-state index contributed by atoms with van der Waals surface area (Å²) < 4.78 is 1.14. The van der Waals surface area contributed by atoms with Crippen LogP contribution in [0.2, 0.25) is 0 Å². The monoisotopic (exact) mass is 267 g/mol. The topological polar surface area (TPSA) is 12.0 Å². The molecular weight excluding hydrogens is 250 g/mol. The molecule has 82 valence electrons. The predicted molar refractivity (Wildman–Crippen MR) is 71.5 cm³/mol. The van der Waals surface area contributed by atoms with E-state index in [2.05, 4.69) is 60.7 Å². The van der Waals surface area contributed by atoms with E-state index in [4.69, 9.17) is 0 Å². The van der Waals surface area contributed by atoms with E-state index in [-0.39, 0.29) is 0 Å². The summed E-state index contributed by atoms with van der Waals surface area (Å²) in [6.45, 7) is 11.2. The van der Waals surface area contributed by atoms with E-state index in [1.807, 2.05) is 0 Å². The zero-order valence-corrected chi connectivity index (χ0v) is 11.2. The number of rotatable bonds is 4. The fourth-order valence-electron chi connectivity index (χ4n) is 1.59. The normalized spacial score (nSPS) is 10.1. The minimum atomic E-state index is 0.957. The Labute approximate surface area is 101 Å². The van der Waals surface area contributed by atoms with Crippen LogP contribution in [-0.4, -0.2) is 6.54 Å². The molecule has 0 aliphatic carbocycles. The summed E-state index contributed by atoms with van der Waals surface area (Å²) in [4.78, 5) is 0. The molecule has 0 fully saturated rings. The van der Waals surface area contributed by atoms with Crippen LogP contribution >= 0.6 is 15.9 Å². The molecule has 1 N–H and O–H groups in total. The standard InChI is InChI=1S/C13H18BrN/c1-9(2)5-6-15-13-10(3)7-12(14)8-11(13)4/h7-8,15H,1,5-6H2,2-4H3. The van der Waals surface area contributed by atoms with Crippen molar-refractivity contribution in [3.8, 4) is 0 Å². The average molecular weight is 268 g/mol. The summed E-state index contributed by atoms with van der Waals surface area (Å²) in [5.74, 6) is 0. The number of hydrogen-bond acceptors (Lipinski definition) is 1. The maximum absolute atomic E-state index is 3.90. The Morgan fingerprint density at radius 3 is 2.33 bits per heavy atom. The van der Waals surface area contributed by atoms with Crippen LogP contribution in [0.5, 0.6) is 0 Å². The maximum Gasteiger partial charge on any atom is 0.0400 e. The van der Waals surface area contributed by atoms with Gasteiger partial charge in [0.25, 0.3) is 0 Å². The fraction of sp³-hybridized carbons (Fsp3) is 0.385. The van der Waals surface area contributed by atoms with E-state index < -0.39 is 0 Å². The molecule has 0 radical (unpaired) electrons. The van der Waals surface area contributed by atoms with Gasteiger partial charge >= 0.3 is 0 Å². The van der Waals surface area contributed by atoms with Crippen molar-refractivity contribution >= 4 is 21.6 Å². The molecule has 0 spiro atoms. The number of halogens is 1. The minimum Gasteiger partial charge on any atom is -0.384 e. The summed E-state index contributed by atoms with van der Waals surface area (Å²) in [5, 5.41) is 3.46. The molecule has 2 heteroatoms. The molecule has 0 unspecified atom stereocenters. The molecule has 1 nitrogen and oxygen atoms in total. The summed E-state index contributed by atoms with van der Waals surface area (Å²) in [7, 11) is 0. The lowest BCUT2D eigenvalue weighted by atomic mass is 10.1. The predicted octanol–water partition coefficient (Wildman–Crippen LogP) is 4.44. The summed E-state index contributed by atoms with van der Waals surface area (Å²) >= 11 is 3.50. The molecule has 0 saturated carbocycles. The van der Waals surface area contributed by atoms with Crippen LogP contribution in [0.3, 0.4) is 0 Å². The van der Waals surface area contributed by atoms with Crippen LogP contribution < -0.4 is 5.32 Å². The Kier molecular flexibility index (Phi) is 4.40. The van der Waals surface area contributed by atoms with Gasteiger partial charge in [-0.2, -0.15) is 0 Å². The van der Waals surface area contributed by atoms with Gasteiger partial charge in [0.1, 0.15) is 0 Å². The van der Waals surface area contributed by atoms with Crippen LogP contribution in [0.4, 0.5) is 5.69 Å². The van der Waals surface area contributed by atoms with Crippen LogP contribution in [-0.2, 0) is 0 Å². The molecule has 0 heterocycles. The van der Waals surface area contributed by atoms with Gasteiger partial charge in [-0.1, -0.05) is 21.5 Å². The Balaban J connectivity index is 2.72. The van der Waals surface area contributed by atoms with Gasteiger partial charge < -0.3 is 5.32 Å². The highest BCUT2D eigenvalue weighted by Gasteiger charge is 2.03. The zero-order valence-electron chi connectivity index (χ0n) is 9.65. The molecule has 0 aliphatic rings. The highest BCUT2D eigenvalue weighted by atomic mass is 79.9. The van der Waals surface area contributed by atoms with E-state index in [1.165, 1.54) is 22.4 Å². The molecule has 0 aliphatic heterocycles. The van der Waals surface area contributed by atoms with Gasteiger partial charge in [-0.3, -0.25) is 0 Å². The largest absolute Gasteiger partial charge is 0.384 e. The van der Waals surface area contributed by atoms with E-state index in [1.54, 1.807) is 0 Å². The van der Waals surface area contributed by atoms with Gasteiger partial charge in [0.05, 0.1) is 0 Å². The van der Waals surface area contributed by atoms with Crippen LogP contribution in [0.25, 0.3) is 0 Å². The molecule has 1 rings (SSSR count). The minimum absolute atomic E-state index is 0.957. The molecule has 0 bridgehead atoms. The van der Waals surface area contributed by atoms with Gasteiger partial charge in [-0.05, 0) is 50.5 Å². The molecule has 0 amide bonds. The number of benzene rings is 1. The van der Waals surface area contributed by atoms with Crippen molar-refractivity contribution in [2.24, 2.45) is 0 Å². The molecule has 0 atom stereocenters. The molecule has 0 aromatic heterocycles. The second-order valence-electron chi connectivity index (χ2n) is 4.05. The lowest BCUT2D eigenvalue weighted by Gasteiger charge is -2.13. The van der Waals surface area contributed by atoms with Crippen LogP contribution in [0.15, 0.2) is 28.8 Å². The Hall–Kier alpha value is -0.760. The Bertz CT molecular complexity index is 346. The first-order valence-corrected chi connectivity index (χ1v) is 5.95. The number of nitrogens with one attached hydrogen (secondary N) is 1. The zero-order chi connectivity index (χ0) is 11.4. The first kappa shape index (κ1) is 12.3. The fourth-order valence-corrected chi connectivity index (χ4v) is 2.28. The van der Waals surface area contributed by atoms with Gasteiger partial charge in [-0.15, -0.1) is 6.58 Å². The van der Waals surface area contributed by atoms with Gasteiger partial charge in [0, 0.05) is 16.7 Å². The summed E-state index contributed by atoms with van der Waals surface area (Å²) in [5.41, 5.74) is 5.03. The van der Waals surface area contributed by atoms with Crippen molar-refractivity contribution in [2.45, 2.75) is 27.2 Å². The lowest BCUT2D eigenvalue weighted by molar-refractivity contribution is 0.997. The third kappa shape index (κ3) is 3.71. The quantitative estimate of drug-likeness (QED) is 0.796. The second kappa shape index (κ2) is 5.36. The van der Waals surface area contributed by atoms with Crippen molar-refractivity contribution in [3.63, 3.8) is 0 Å². The van der Waals surface area contributed by atoms with Crippen molar-refractivity contribution < 1.29 is 0 Å². The summed E-state index contributed by atoms with van der Waals surface area (Å²) in [6.07, 6.45) is 1.02. The smallest absolute Gasteiger partial charge is 0.0400 e. The Morgan fingerprint density at radius 1 is 1.33 bits per heavy atom. The molecular formula is C13H18BrN. The lowest BCUT2D eigenvalue weighted by Crippen LogP contribution is -2.04. The van der Waals surface area contributed by atoms with E-state index in [0.29, 0.717) is 0 Å². The molecule has 15 heavy (non-hydrogen) atoms. The van der Waals surface area contributed by atoms with E-state index >= 15 is 0 Å². The summed E-state index contributed by atoms with van der Waals surface area (Å²) in [6, 6.07) is 4.27. The van der Waals surface area contributed by atoms with Crippen LogP contribution in [0.1, 0.15) is 24.5 Å². The third-order valence-corrected chi connectivity index (χ3v) is 2.81. The van der Waals surface area contributed by atoms with Crippen molar-refractivity contribution in [2.75, 3.05) is 11.9 Å². The first-order chi connectivity index (χ1) is 7.00.